The molecule has 0 spiro atoms. The van der Waals surface area contributed by atoms with Crippen LogP contribution in [-0.2, 0) is 0 Å². The monoisotopic (exact) mass is 99.1 g/mol. The maximum Gasteiger partial charge on any atom is 0.00414 e. The molecule has 0 aromatic rings. The summed E-state index contributed by atoms with van der Waals surface area (Å²) in [6, 6.07) is 0.440. The third kappa shape index (κ3) is 0.942. The van der Waals surface area contributed by atoms with Gasteiger partial charge in [-0.05, 0) is 25.2 Å². The molecule has 1 saturated carbocycles. The molecule has 0 unspecified atom stereocenters. The molecule has 1 fully saturated rings. The van der Waals surface area contributed by atoms with Crippen molar-refractivity contribution < 1.29 is 0 Å². The summed E-state index contributed by atoms with van der Waals surface area (Å²) in [5.74, 6) is 1.76. The summed E-state index contributed by atoms with van der Waals surface area (Å²) >= 11 is 0. The Morgan fingerprint density at radius 2 is 2.14 bits per heavy atom. The summed E-state index contributed by atoms with van der Waals surface area (Å²) in [4.78, 5) is 0. The minimum atomic E-state index is 0.440. The van der Waals surface area contributed by atoms with Gasteiger partial charge in [0.25, 0.3) is 0 Å². The Bertz CT molecular complexity index is 68.6. The molecule has 1 rings (SSSR count). The first-order chi connectivity index (χ1) is 3.22. The first-order valence-corrected chi connectivity index (χ1v) is 2.97. The predicted molar refractivity (Wildman–Crippen MR) is 30.9 cm³/mol. The van der Waals surface area contributed by atoms with Crippen molar-refractivity contribution in [1.29, 1.82) is 0 Å². The van der Waals surface area contributed by atoms with Crippen molar-refractivity contribution >= 4 is 0 Å². The standard InChI is InChI=1S/C6H13N/c1-4-3-6(4)5(2)7/h4-6H,3,7H2,1-2H3/t4-,5+,6+/m1/s1. The van der Waals surface area contributed by atoms with E-state index in [-0.39, 0.29) is 0 Å². The zero-order valence-electron chi connectivity index (χ0n) is 5.02. The van der Waals surface area contributed by atoms with E-state index in [9.17, 15) is 0 Å². The van der Waals surface area contributed by atoms with Crippen LogP contribution in [0.4, 0.5) is 0 Å². The van der Waals surface area contributed by atoms with Crippen LogP contribution < -0.4 is 5.73 Å². The van der Waals surface area contributed by atoms with Crippen LogP contribution in [0.5, 0.6) is 0 Å². The molecule has 7 heavy (non-hydrogen) atoms. The van der Waals surface area contributed by atoms with Crippen LogP contribution in [0.2, 0.25) is 0 Å². The Morgan fingerprint density at radius 1 is 1.71 bits per heavy atom. The van der Waals surface area contributed by atoms with Gasteiger partial charge in [0.15, 0.2) is 0 Å². The van der Waals surface area contributed by atoms with Crippen molar-refractivity contribution in [3.05, 3.63) is 0 Å². The second kappa shape index (κ2) is 1.48. The molecule has 0 saturated heterocycles. The van der Waals surface area contributed by atoms with E-state index < -0.39 is 0 Å². The molecule has 1 aliphatic carbocycles. The van der Waals surface area contributed by atoms with Gasteiger partial charge < -0.3 is 5.73 Å². The normalized spacial score (nSPS) is 43.3. The second-order valence-corrected chi connectivity index (χ2v) is 2.74. The van der Waals surface area contributed by atoms with Crippen molar-refractivity contribution in [1.82, 2.24) is 0 Å². The summed E-state index contributed by atoms with van der Waals surface area (Å²) < 4.78 is 0. The van der Waals surface area contributed by atoms with Gasteiger partial charge in [0.05, 0.1) is 0 Å². The van der Waals surface area contributed by atoms with Crippen LogP contribution in [0.25, 0.3) is 0 Å². The molecule has 0 radical (unpaired) electrons. The van der Waals surface area contributed by atoms with Gasteiger partial charge in [-0.15, -0.1) is 0 Å². The lowest BCUT2D eigenvalue weighted by atomic mass is 10.2. The maximum absolute atomic E-state index is 5.59. The third-order valence-electron chi connectivity index (χ3n) is 1.85. The fourth-order valence-electron chi connectivity index (χ4n) is 1.08. The number of nitrogens with two attached hydrogens (primary N) is 1. The molecule has 0 aliphatic heterocycles. The lowest BCUT2D eigenvalue weighted by Gasteiger charge is -1.97. The van der Waals surface area contributed by atoms with Crippen molar-refractivity contribution in [2.24, 2.45) is 17.6 Å². The molecule has 2 N–H and O–H groups in total. The minimum absolute atomic E-state index is 0.440. The van der Waals surface area contributed by atoms with Crippen LogP contribution in [0, 0.1) is 11.8 Å². The molecule has 42 valence electrons. The fraction of sp³-hybridized carbons (Fsp3) is 1.00. The summed E-state index contributed by atoms with van der Waals surface area (Å²) in [5, 5.41) is 0. The highest BCUT2D eigenvalue weighted by atomic mass is 14.7. The van der Waals surface area contributed by atoms with Gasteiger partial charge in [0, 0.05) is 6.04 Å². The Kier molecular flexibility index (Phi) is 1.08. The van der Waals surface area contributed by atoms with Crippen LogP contribution in [-0.4, -0.2) is 6.04 Å². The predicted octanol–water partition coefficient (Wildman–Crippen LogP) is 0.990. The number of hydrogen-bond donors (Lipinski definition) is 1. The van der Waals surface area contributed by atoms with Crippen LogP contribution in [0.15, 0.2) is 0 Å². The lowest BCUT2D eigenvalue weighted by molar-refractivity contribution is 0.608. The number of rotatable bonds is 1. The smallest absolute Gasteiger partial charge is 0.00414 e. The molecular formula is C6H13N. The highest BCUT2D eigenvalue weighted by molar-refractivity contribution is 4.87. The van der Waals surface area contributed by atoms with Crippen LogP contribution in [0.3, 0.4) is 0 Å². The van der Waals surface area contributed by atoms with Gasteiger partial charge >= 0.3 is 0 Å². The third-order valence-corrected chi connectivity index (χ3v) is 1.85. The Morgan fingerprint density at radius 3 is 2.14 bits per heavy atom. The number of hydrogen-bond acceptors (Lipinski definition) is 1. The zero-order chi connectivity index (χ0) is 5.44. The average molecular weight is 99.2 g/mol. The lowest BCUT2D eigenvalue weighted by Crippen LogP contribution is -2.17. The average Bonchev–Trinajstić information content (AvgIpc) is 2.17. The zero-order valence-corrected chi connectivity index (χ0v) is 5.02. The topological polar surface area (TPSA) is 26.0 Å². The van der Waals surface area contributed by atoms with E-state index in [0.29, 0.717) is 6.04 Å². The molecule has 0 aromatic carbocycles. The van der Waals surface area contributed by atoms with Crippen molar-refractivity contribution in [3.63, 3.8) is 0 Å². The van der Waals surface area contributed by atoms with Gasteiger partial charge in [-0.25, -0.2) is 0 Å². The van der Waals surface area contributed by atoms with E-state index in [1.165, 1.54) is 6.42 Å². The van der Waals surface area contributed by atoms with Gasteiger partial charge in [0.2, 0.25) is 0 Å². The minimum Gasteiger partial charge on any atom is -0.328 e. The molecule has 0 amide bonds. The molecule has 1 aliphatic rings. The van der Waals surface area contributed by atoms with Gasteiger partial charge in [-0.1, -0.05) is 6.92 Å². The summed E-state index contributed by atoms with van der Waals surface area (Å²) in [5.41, 5.74) is 5.59. The summed E-state index contributed by atoms with van der Waals surface area (Å²) in [6.45, 7) is 4.35. The fourth-order valence-corrected chi connectivity index (χ4v) is 1.08. The Balaban J connectivity index is 2.20. The first kappa shape index (κ1) is 5.10. The molecule has 1 heteroatoms. The second-order valence-electron chi connectivity index (χ2n) is 2.74. The quantitative estimate of drug-likeness (QED) is 0.521. The highest BCUT2D eigenvalue weighted by Gasteiger charge is 2.34. The van der Waals surface area contributed by atoms with E-state index in [2.05, 4.69) is 13.8 Å². The first-order valence-electron chi connectivity index (χ1n) is 2.97. The van der Waals surface area contributed by atoms with E-state index in [1.807, 2.05) is 0 Å². The SMILES string of the molecule is C[C@H](N)[C@H]1C[C@H]1C. The van der Waals surface area contributed by atoms with Gasteiger partial charge in [-0.2, -0.15) is 0 Å². The largest absolute Gasteiger partial charge is 0.328 e. The van der Waals surface area contributed by atoms with E-state index in [1.54, 1.807) is 0 Å². The Labute approximate surface area is 44.9 Å². The molecule has 1 nitrogen and oxygen atoms in total. The van der Waals surface area contributed by atoms with Gasteiger partial charge in [-0.3, -0.25) is 0 Å². The van der Waals surface area contributed by atoms with Crippen molar-refractivity contribution in [2.45, 2.75) is 26.3 Å². The van der Waals surface area contributed by atoms with Crippen molar-refractivity contribution in [3.8, 4) is 0 Å². The van der Waals surface area contributed by atoms with E-state index in [0.717, 1.165) is 11.8 Å². The summed E-state index contributed by atoms with van der Waals surface area (Å²) in [6.07, 6.45) is 1.36. The molecule has 3 atom stereocenters. The molecule has 0 bridgehead atoms. The van der Waals surface area contributed by atoms with Crippen LogP contribution >= 0.6 is 0 Å². The van der Waals surface area contributed by atoms with Gasteiger partial charge in [0.1, 0.15) is 0 Å². The molecular weight excluding hydrogens is 86.1 g/mol. The Hall–Kier alpha value is -0.0400. The summed E-state index contributed by atoms with van der Waals surface area (Å²) in [7, 11) is 0. The van der Waals surface area contributed by atoms with E-state index >= 15 is 0 Å². The maximum atomic E-state index is 5.59. The highest BCUT2D eigenvalue weighted by Crippen LogP contribution is 2.39. The molecule has 0 heterocycles. The van der Waals surface area contributed by atoms with Crippen LogP contribution in [0.1, 0.15) is 20.3 Å². The van der Waals surface area contributed by atoms with Crippen molar-refractivity contribution in [2.75, 3.05) is 0 Å². The molecule has 0 aromatic heterocycles. The van der Waals surface area contributed by atoms with E-state index in [4.69, 9.17) is 5.73 Å².